The summed E-state index contributed by atoms with van der Waals surface area (Å²) >= 11 is 1.40. The minimum absolute atomic E-state index is 0.0190. The number of rotatable bonds is 16. The summed E-state index contributed by atoms with van der Waals surface area (Å²) in [5.41, 5.74) is 21.8. The molecule has 0 aliphatic carbocycles. The highest BCUT2D eigenvalue weighted by molar-refractivity contribution is 7.98. The Balaban J connectivity index is 3.81. The first kappa shape index (κ1) is 50.2. The Labute approximate surface area is 338 Å². The molecule has 1 aliphatic rings. The van der Waals surface area contributed by atoms with Gasteiger partial charge in [0, 0.05) is 13.1 Å². The number of aliphatic imine (C=N–C) groups is 2. The number of hydrogen-bond acceptors (Lipinski definition) is 11. The van der Waals surface area contributed by atoms with Gasteiger partial charge in [-0.1, -0.05) is 34.1 Å². The molecule has 7 amide bonds. The van der Waals surface area contributed by atoms with Crippen molar-refractivity contribution in [2.75, 3.05) is 31.7 Å². The molecule has 0 unspecified atom stereocenters. The van der Waals surface area contributed by atoms with Gasteiger partial charge in [-0.05, 0) is 69.3 Å². The maximum atomic E-state index is 14.0. The maximum absolute atomic E-state index is 14.0. The van der Waals surface area contributed by atoms with E-state index in [0.717, 1.165) is 0 Å². The van der Waals surface area contributed by atoms with Gasteiger partial charge in [0.2, 0.25) is 41.4 Å². The van der Waals surface area contributed by atoms with Gasteiger partial charge in [-0.15, -0.1) is 0 Å². The second-order valence-electron chi connectivity index (χ2n) is 14.4. The van der Waals surface area contributed by atoms with Crippen LogP contribution in [0.1, 0.15) is 79.6 Å². The molecule has 22 heteroatoms. The Bertz CT molecular complexity index is 1420. The predicted octanol–water partition coefficient (Wildman–Crippen LogP) is -3.64. The lowest BCUT2D eigenvalue weighted by Crippen LogP contribution is -2.60. The molecule has 57 heavy (non-hydrogen) atoms. The Kier molecular flexibility index (Phi) is 23.0. The first-order valence-electron chi connectivity index (χ1n) is 19.2. The highest BCUT2D eigenvalue weighted by Crippen LogP contribution is 2.13. The van der Waals surface area contributed by atoms with E-state index < -0.39 is 96.2 Å². The third kappa shape index (κ3) is 18.8. The van der Waals surface area contributed by atoms with Gasteiger partial charge in [0.25, 0.3) is 0 Å². The van der Waals surface area contributed by atoms with Crippen LogP contribution in [0.3, 0.4) is 0 Å². The number of aliphatic hydroxyl groups excluding tert-OH is 1. The van der Waals surface area contributed by atoms with Crippen molar-refractivity contribution in [2.45, 2.75) is 122 Å². The predicted molar refractivity (Wildman–Crippen MR) is 218 cm³/mol. The van der Waals surface area contributed by atoms with Crippen LogP contribution in [0.15, 0.2) is 9.98 Å². The van der Waals surface area contributed by atoms with Crippen molar-refractivity contribution in [3.05, 3.63) is 0 Å². The van der Waals surface area contributed by atoms with E-state index in [2.05, 4.69) is 47.2 Å². The zero-order chi connectivity index (χ0) is 43.2. The Morgan fingerprint density at radius 1 is 0.632 bits per heavy atom. The number of nitrogens with one attached hydrogen (secondary N) is 7. The topological polar surface area (TPSA) is 353 Å². The van der Waals surface area contributed by atoms with Crippen LogP contribution in [-0.2, 0) is 33.6 Å². The normalized spacial score (nSPS) is 25.3. The summed E-state index contributed by atoms with van der Waals surface area (Å²) in [5, 5.41) is 28.5. The van der Waals surface area contributed by atoms with Crippen molar-refractivity contribution < 1.29 is 38.7 Å². The molecule has 324 valence electrons. The molecular weight excluding hydrogens is 763 g/mol. The van der Waals surface area contributed by atoms with Gasteiger partial charge in [0.1, 0.15) is 42.3 Å². The van der Waals surface area contributed by atoms with E-state index in [1.54, 1.807) is 13.2 Å². The summed E-state index contributed by atoms with van der Waals surface area (Å²) in [6, 6.07) is -8.77. The van der Waals surface area contributed by atoms with Gasteiger partial charge in [-0.2, -0.15) is 11.8 Å². The van der Waals surface area contributed by atoms with Gasteiger partial charge in [-0.3, -0.25) is 43.5 Å². The second kappa shape index (κ2) is 26.1. The SMILES string of the molecule is CC[C@H](C)[C@@H]1NC(=O)[C@H](C)NC(=O)[C@H](CO)NC(=O)[C@H](CCCN=C(N)N)NC(=O)[C@H](CCSC)NC(=O)[C@H](CCCN=C(N)N)NC(=O)[C@H](CC(C)C)NC1=O. The summed E-state index contributed by atoms with van der Waals surface area (Å²) < 4.78 is 0. The Morgan fingerprint density at radius 3 is 1.47 bits per heavy atom. The number of guanidine groups is 2. The molecule has 0 saturated carbocycles. The zero-order valence-electron chi connectivity index (χ0n) is 33.9. The van der Waals surface area contributed by atoms with Crippen LogP contribution in [0.25, 0.3) is 0 Å². The minimum Gasteiger partial charge on any atom is -0.394 e. The van der Waals surface area contributed by atoms with Crippen LogP contribution in [-0.4, -0.2) is 132 Å². The summed E-state index contributed by atoms with van der Waals surface area (Å²) in [6.07, 6.45) is 3.02. The zero-order valence-corrected chi connectivity index (χ0v) is 34.7. The average Bonchev–Trinajstić information content (AvgIpc) is 3.14. The van der Waals surface area contributed by atoms with E-state index in [4.69, 9.17) is 22.9 Å². The number of amides is 7. The lowest BCUT2D eigenvalue weighted by Gasteiger charge is -2.29. The van der Waals surface area contributed by atoms with Crippen LogP contribution >= 0.6 is 11.8 Å². The van der Waals surface area contributed by atoms with Crippen molar-refractivity contribution in [1.82, 2.24) is 37.2 Å². The molecule has 21 nitrogen and oxygen atoms in total. The van der Waals surface area contributed by atoms with Crippen molar-refractivity contribution >= 4 is 65.0 Å². The molecule has 1 aliphatic heterocycles. The highest BCUT2D eigenvalue weighted by atomic mass is 32.2. The first-order valence-corrected chi connectivity index (χ1v) is 20.6. The summed E-state index contributed by atoms with van der Waals surface area (Å²) in [5.74, 6) is -5.79. The molecule has 1 saturated heterocycles. The van der Waals surface area contributed by atoms with Crippen LogP contribution < -0.4 is 60.2 Å². The van der Waals surface area contributed by atoms with E-state index in [1.165, 1.54) is 18.7 Å². The summed E-state index contributed by atoms with van der Waals surface area (Å²) in [6.45, 7) is 7.95. The van der Waals surface area contributed by atoms with Crippen LogP contribution in [0.4, 0.5) is 0 Å². The Morgan fingerprint density at radius 2 is 1.05 bits per heavy atom. The first-order chi connectivity index (χ1) is 26.8. The van der Waals surface area contributed by atoms with Gasteiger partial charge < -0.3 is 65.3 Å². The van der Waals surface area contributed by atoms with Crippen LogP contribution in [0, 0.1) is 11.8 Å². The van der Waals surface area contributed by atoms with Gasteiger partial charge in [0.15, 0.2) is 11.9 Å². The molecule has 1 heterocycles. The van der Waals surface area contributed by atoms with E-state index >= 15 is 0 Å². The fourth-order valence-corrected chi connectivity index (χ4v) is 6.13. The number of nitrogens with zero attached hydrogens (tertiary/aromatic N) is 2. The molecular formula is C35H65N13O8S. The summed E-state index contributed by atoms with van der Waals surface area (Å²) in [7, 11) is 0. The van der Waals surface area contributed by atoms with Gasteiger partial charge in [0.05, 0.1) is 6.61 Å². The lowest BCUT2D eigenvalue weighted by atomic mass is 9.96. The van der Waals surface area contributed by atoms with E-state index in [0.29, 0.717) is 12.2 Å². The van der Waals surface area contributed by atoms with E-state index in [-0.39, 0.29) is 69.5 Å². The smallest absolute Gasteiger partial charge is 0.245 e. The molecule has 0 aromatic carbocycles. The van der Waals surface area contributed by atoms with Crippen molar-refractivity contribution in [1.29, 1.82) is 0 Å². The average molecular weight is 828 g/mol. The molecule has 0 spiro atoms. The lowest BCUT2D eigenvalue weighted by molar-refractivity contribution is -0.136. The Hall–Kier alpha value is -4.86. The molecule has 8 atom stereocenters. The summed E-state index contributed by atoms with van der Waals surface area (Å²) in [4.78, 5) is 104. The van der Waals surface area contributed by atoms with E-state index in [1.807, 2.05) is 20.8 Å². The quantitative estimate of drug-likeness (QED) is 0.0406. The highest BCUT2D eigenvalue weighted by Gasteiger charge is 2.35. The fourth-order valence-electron chi connectivity index (χ4n) is 5.66. The maximum Gasteiger partial charge on any atom is 0.245 e. The molecule has 0 bridgehead atoms. The number of thioether (sulfide) groups is 1. The standard InChI is InChI=1S/C35H65N13O8S/c1-7-19(4)26-33(56)46-24(16-18(2)3)31(54)44-21(10-8-13-40-34(36)37)28(51)45-23(12-15-57-6)30(53)43-22(11-9-14-41-35(38)39)29(52)47-25(17-49)32(55)42-20(5)27(50)48-26/h18-26,49H,7-17H2,1-6H3,(H,42,55)(H,43,53)(H,44,54)(H,45,51)(H,46,56)(H,47,52)(H,48,50)(H4,36,37,40)(H4,38,39,41)/t19-,20-,21-,22-,23-,24-,25-,26-/m0/s1. The largest absolute Gasteiger partial charge is 0.394 e. The molecule has 0 radical (unpaired) electrons. The van der Waals surface area contributed by atoms with Gasteiger partial charge >= 0.3 is 0 Å². The molecule has 0 aromatic rings. The van der Waals surface area contributed by atoms with Crippen LogP contribution in [0.2, 0.25) is 0 Å². The monoisotopic (exact) mass is 827 g/mol. The van der Waals surface area contributed by atoms with Crippen LogP contribution in [0.5, 0.6) is 0 Å². The minimum atomic E-state index is -1.55. The number of carbonyl (C=O) groups is 7. The third-order valence-corrected chi connectivity index (χ3v) is 9.75. The second-order valence-corrected chi connectivity index (χ2v) is 15.4. The molecule has 1 rings (SSSR count). The molecule has 16 N–H and O–H groups in total. The number of hydrogen-bond donors (Lipinski definition) is 12. The fraction of sp³-hybridized carbons (Fsp3) is 0.743. The van der Waals surface area contributed by atoms with Crippen molar-refractivity contribution in [3.8, 4) is 0 Å². The molecule has 0 aromatic heterocycles. The number of nitrogens with two attached hydrogens (primary N) is 4. The number of aliphatic hydroxyl groups is 1. The number of carbonyl (C=O) groups excluding carboxylic acids is 7. The van der Waals surface area contributed by atoms with Crippen molar-refractivity contribution in [3.63, 3.8) is 0 Å². The van der Waals surface area contributed by atoms with E-state index in [9.17, 15) is 38.7 Å². The van der Waals surface area contributed by atoms with Gasteiger partial charge in [-0.25, -0.2) is 0 Å². The third-order valence-electron chi connectivity index (χ3n) is 9.10. The molecule has 1 fully saturated rings. The van der Waals surface area contributed by atoms with Crippen molar-refractivity contribution in [2.24, 2.45) is 44.8 Å².